The number of ether oxygens (including phenoxy) is 1. The van der Waals surface area contributed by atoms with Crippen molar-refractivity contribution in [1.82, 2.24) is 5.32 Å². The van der Waals surface area contributed by atoms with E-state index in [0.29, 0.717) is 36.2 Å². The number of aryl methyl sites for hydroxylation is 1. The number of nitrogens with two attached hydrogens (primary N) is 1. The number of amides is 1. The molecule has 3 atom stereocenters. The van der Waals surface area contributed by atoms with E-state index in [1.54, 1.807) is 12.1 Å². The Morgan fingerprint density at radius 3 is 2.65 bits per heavy atom. The summed E-state index contributed by atoms with van der Waals surface area (Å²) in [7, 11) is -3.68. The molecule has 1 fully saturated rings. The lowest BCUT2D eigenvalue weighted by molar-refractivity contribution is -0.124. The Labute approximate surface area is 239 Å². The van der Waals surface area contributed by atoms with Crippen molar-refractivity contribution in [2.75, 3.05) is 30.3 Å². The van der Waals surface area contributed by atoms with Gasteiger partial charge in [-0.3, -0.25) is 4.79 Å². The molecule has 1 unspecified atom stereocenters. The third kappa shape index (κ3) is 8.09. The SMILES string of the molecule is NS(=O)(=O)CCNC(=O)C[C@H](O)[C@@H]1CCC1CN1CCCCc2cc(Cl)ccc2COc2ccc(C(=O)O)cc21. The first kappa shape index (κ1) is 30.1. The van der Waals surface area contributed by atoms with Crippen molar-refractivity contribution in [1.29, 1.82) is 0 Å². The number of halogens is 1. The fraction of sp³-hybridized carbons (Fsp3) is 0.500. The van der Waals surface area contributed by atoms with Crippen LogP contribution in [0.4, 0.5) is 5.69 Å². The van der Waals surface area contributed by atoms with Gasteiger partial charge in [-0.25, -0.2) is 18.4 Å². The molecule has 10 nitrogen and oxygen atoms in total. The van der Waals surface area contributed by atoms with Gasteiger partial charge in [0.25, 0.3) is 0 Å². The highest BCUT2D eigenvalue weighted by Crippen LogP contribution is 2.41. The largest absolute Gasteiger partial charge is 0.487 e. The van der Waals surface area contributed by atoms with E-state index in [-0.39, 0.29) is 36.1 Å². The molecule has 0 spiro atoms. The van der Waals surface area contributed by atoms with Crippen LogP contribution >= 0.6 is 11.6 Å². The predicted molar refractivity (Wildman–Crippen MR) is 152 cm³/mol. The number of fused-ring (bicyclic) bond motifs is 2. The number of primary sulfonamides is 1. The first-order valence-corrected chi connectivity index (χ1v) is 15.6. The average Bonchev–Trinajstić information content (AvgIpc) is 2.88. The summed E-state index contributed by atoms with van der Waals surface area (Å²) in [5.41, 5.74) is 3.03. The molecule has 0 bridgehead atoms. The van der Waals surface area contributed by atoms with Crippen LogP contribution in [0.15, 0.2) is 36.4 Å². The number of nitrogens with zero attached hydrogens (tertiary/aromatic N) is 1. The Morgan fingerprint density at radius 2 is 1.95 bits per heavy atom. The fourth-order valence-corrected chi connectivity index (χ4v) is 6.01. The summed E-state index contributed by atoms with van der Waals surface area (Å²) in [6.07, 6.45) is 3.23. The van der Waals surface area contributed by atoms with Crippen molar-refractivity contribution >= 4 is 39.2 Å². The summed E-state index contributed by atoms with van der Waals surface area (Å²) in [5, 5.41) is 28.6. The van der Waals surface area contributed by atoms with Crippen molar-refractivity contribution in [3.63, 3.8) is 0 Å². The fourth-order valence-electron chi connectivity index (χ4n) is 5.43. The van der Waals surface area contributed by atoms with Gasteiger partial charge in [-0.05, 0) is 85.4 Å². The summed E-state index contributed by atoms with van der Waals surface area (Å²) in [4.78, 5) is 26.2. The maximum Gasteiger partial charge on any atom is 0.335 e. The van der Waals surface area contributed by atoms with E-state index in [0.717, 1.165) is 43.2 Å². The second kappa shape index (κ2) is 13.2. The molecule has 2 aromatic rings. The quantitative estimate of drug-likeness (QED) is 0.345. The van der Waals surface area contributed by atoms with E-state index in [9.17, 15) is 28.2 Å². The van der Waals surface area contributed by atoms with Crippen molar-refractivity contribution in [3.8, 4) is 5.75 Å². The molecule has 1 amide bonds. The summed E-state index contributed by atoms with van der Waals surface area (Å²) >= 11 is 6.24. The molecular formula is C28H36ClN3O7S. The molecular weight excluding hydrogens is 558 g/mol. The van der Waals surface area contributed by atoms with Crippen LogP contribution in [-0.2, 0) is 27.8 Å². The smallest absolute Gasteiger partial charge is 0.335 e. The molecule has 0 saturated heterocycles. The highest BCUT2D eigenvalue weighted by molar-refractivity contribution is 7.89. The summed E-state index contributed by atoms with van der Waals surface area (Å²) in [6.45, 7) is 1.46. The third-order valence-electron chi connectivity index (χ3n) is 7.75. The molecule has 2 aliphatic rings. The van der Waals surface area contributed by atoms with E-state index >= 15 is 0 Å². The second-order valence-corrected chi connectivity index (χ2v) is 12.8. The number of rotatable bonds is 9. The number of aromatic carboxylic acids is 1. The predicted octanol–water partition coefficient (Wildman–Crippen LogP) is 2.94. The number of nitrogens with one attached hydrogen (secondary N) is 1. The average molecular weight is 594 g/mol. The van der Waals surface area contributed by atoms with Gasteiger partial charge in [-0.1, -0.05) is 17.7 Å². The third-order valence-corrected chi connectivity index (χ3v) is 8.76. The van der Waals surface area contributed by atoms with Crippen LogP contribution in [0.2, 0.25) is 5.02 Å². The van der Waals surface area contributed by atoms with Crippen LogP contribution in [0.5, 0.6) is 5.75 Å². The first-order chi connectivity index (χ1) is 19.0. The number of carboxylic acid groups (broad SMARTS) is 1. The van der Waals surface area contributed by atoms with Crippen molar-refractivity contribution in [3.05, 3.63) is 58.1 Å². The van der Waals surface area contributed by atoms with Crippen molar-refractivity contribution in [2.24, 2.45) is 17.0 Å². The topological polar surface area (TPSA) is 159 Å². The number of aliphatic hydroxyl groups is 1. The molecule has 5 N–H and O–H groups in total. The summed E-state index contributed by atoms with van der Waals surface area (Å²) < 4.78 is 28.4. The zero-order chi connectivity index (χ0) is 28.9. The lowest BCUT2D eigenvalue weighted by atomic mass is 9.69. The van der Waals surface area contributed by atoms with E-state index in [1.165, 1.54) is 6.07 Å². The Bertz CT molecular complexity index is 1340. The van der Waals surface area contributed by atoms with Gasteiger partial charge in [-0.2, -0.15) is 0 Å². The maximum atomic E-state index is 12.2. The lowest BCUT2D eigenvalue weighted by Gasteiger charge is -2.43. The summed E-state index contributed by atoms with van der Waals surface area (Å²) in [6, 6.07) is 10.6. The zero-order valence-electron chi connectivity index (χ0n) is 22.2. The minimum absolute atomic E-state index is 0.0923. The molecule has 4 rings (SSSR count). The molecule has 2 aromatic carbocycles. The number of hydrogen-bond donors (Lipinski definition) is 4. The Balaban J connectivity index is 1.48. The van der Waals surface area contributed by atoms with E-state index < -0.39 is 28.0 Å². The number of hydrogen-bond acceptors (Lipinski definition) is 7. The van der Waals surface area contributed by atoms with Crippen LogP contribution < -0.4 is 20.1 Å². The maximum absolute atomic E-state index is 12.2. The van der Waals surface area contributed by atoms with Crippen LogP contribution in [0.1, 0.15) is 53.6 Å². The number of carboxylic acids is 1. The minimum atomic E-state index is -3.68. The van der Waals surface area contributed by atoms with Crippen molar-refractivity contribution in [2.45, 2.75) is 51.2 Å². The van der Waals surface area contributed by atoms with Crippen LogP contribution in [0, 0.1) is 11.8 Å². The number of sulfonamides is 1. The molecule has 40 heavy (non-hydrogen) atoms. The molecule has 1 heterocycles. The zero-order valence-corrected chi connectivity index (χ0v) is 23.8. The van der Waals surface area contributed by atoms with Gasteiger partial charge in [0, 0.05) is 24.7 Å². The Hall–Kier alpha value is -2.86. The van der Waals surface area contributed by atoms with Gasteiger partial charge in [0.15, 0.2) is 0 Å². The molecule has 1 aliphatic heterocycles. The van der Waals surface area contributed by atoms with Crippen LogP contribution in [0.3, 0.4) is 0 Å². The normalized spacial score (nSPS) is 20.1. The lowest BCUT2D eigenvalue weighted by Crippen LogP contribution is -2.45. The number of carbonyl (C=O) groups excluding carboxylic acids is 1. The number of anilines is 1. The van der Waals surface area contributed by atoms with E-state index in [2.05, 4.69) is 10.2 Å². The first-order valence-electron chi connectivity index (χ1n) is 13.5. The standard InChI is InChI=1S/C28H36ClN3O7S/c29-22-7-4-21-17-39-26-9-6-19(28(35)36)14-24(26)32(11-2-1-3-18(21)13-22)16-20-5-8-23(20)25(33)15-27(34)31-10-12-40(30,37)38/h4,6-7,9,13-14,20,23,25,33H,1-3,5,8,10-12,15-17H2,(H,31,34)(H,35,36)(H2,30,37,38)/t20?,23-,25+/m1/s1. The Morgan fingerprint density at radius 1 is 1.15 bits per heavy atom. The summed E-state index contributed by atoms with van der Waals surface area (Å²) in [5.74, 6) is -1.26. The minimum Gasteiger partial charge on any atom is -0.487 e. The van der Waals surface area contributed by atoms with Crippen molar-refractivity contribution < 1.29 is 33.0 Å². The molecule has 12 heteroatoms. The van der Waals surface area contributed by atoms with Gasteiger partial charge in [-0.15, -0.1) is 0 Å². The molecule has 218 valence electrons. The van der Waals surface area contributed by atoms with Gasteiger partial charge < -0.3 is 25.2 Å². The van der Waals surface area contributed by atoms with E-state index in [4.69, 9.17) is 21.5 Å². The van der Waals surface area contributed by atoms with Gasteiger partial charge in [0.2, 0.25) is 15.9 Å². The molecule has 0 radical (unpaired) electrons. The van der Waals surface area contributed by atoms with Gasteiger partial charge >= 0.3 is 5.97 Å². The molecule has 0 aromatic heterocycles. The number of carbonyl (C=O) groups is 2. The second-order valence-electron chi connectivity index (χ2n) is 10.6. The van der Waals surface area contributed by atoms with Gasteiger partial charge in [0.1, 0.15) is 12.4 Å². The highest BCUT2D eigenvalue weighted by atomic mass is 35.5. The van der Waals surface area contributed by atoms with Gasteiger partial charge in [0.05, 0.1) is 29.5 Å². The molecule has 1 aliphatic carbocycles. The monoisotopic (exact) mass is 593 g/mol. The molecule has 1 saturated carbocycles. The van der Waals surface area contributed by atoms with E-state index in [1.807, 2.05) is 18.2 Å². The van der Waals surface area contributed by atoms with Crippen LogP contribution in [-0.4, -0.2) is 62.0 Å². The number of benzene rings is 2. The number of aliphatic hydroxyl groups excluding tert-OH is 1. The van der Waals surface area contributed by atoms with Crippen LogP contribution in [0.25, 0.3) is 0 Å². The highest BCUT2D eigenvalue weighted by Gasteiger charge is 2.38. The Kier molecular flexibility index (Phi) is 9.94.